The zero-order valence-corrected chi connectivity index (χ0v) is 14.2. The standard InChI is InChI=1S/C17H19O5P/c1-14-15(2)20-23(18-3,19-14,21-16-10-6-4-7-11-16)22-17-12-8-5-9-13-17/h4-13H,1-3H3. The van der Waals surface area contributed by atoms with Gasteiger partial charge in [-0.25, -0.2) is 0 Å². The van der Waals surface area contributed by atoms with Gasteiger partial charge in [0.15, 0.2) is 0 Å². The van der Waals surface area contributed by atoms with Gasteiger partial charge < -0.3 is 0 Å². The number of hydrogen-bond acceptors (Lipinski definition) is 5. The van der Waals surface area contributed by atoms with Crippen LogP contribution >= 0.6 is 7.74 Å². The van der Waals surface area contributed by atoms with Crippen molar-refractivity contribution in [3.05, 3.63) is 72.2 Å². The van der Waals surface area contributed by atoms with E-state index in [0.29, 0.717) is 23.0 Å². The molecule has 0 atom stereocenters. The van der Waals surface area contributed by atoms with Crippen molar-refractivity contribution in [2.75, 3.05) is 7.11 Å². The average molecular weight is 334 g/mol. The Kier molecular flexibility index (Phi) is 3.92. The molecule has 0 bridgehead atoms. The van der Waals surface area contributed by atoms with Gasteiger partial charge in [0.1, 0.15) is 0 Å². The minimum atomic E-state index is -4.33. The molecule has 0 saturated heterocycles. The van der Waals surface area contributed by atoms with Crippen LogP contribution in [0.2, 0.25) is 0 Å². The number of benzene rings is 2. The summed E-state index contributed by atoms with van der Waals surface area (Å²) in [5.41, 5.74) is 0. The van der Waals surface area contributed by atoms with E-state index in [0.717, 1.165) is 0 Å². The van der Waals surface area contributed by atoms with E-state index in [9.17, 15) is 0 Å². The SMILES string of the molecule is COP1(Oc2ccccc2)(Oc2ccccc2)OC(C)=C(C)O1. The molecule has 0 aliphatic carbocycles. The van der Waals surface area contributed by atoms with Crippen LogP contribution in [0.5, 0.6) is 11.5 Å². The summed E-state index contributed by atoms with van der Waals surface area (Å²) < 4.78 is 29.6. The first-order valence-corrected chi connectivity index (χ1v) is 9.03. The molecule has 6 heteroatoms. The Morgan fingerprint density at radius 3 is 1.43 bits per heavy atom. The summed E-state index contributed by atoms with van der Waals surface area (Å²) in [6, 6.07) is 18.3. The van der Waals surface area contributed by atoms with Crippen LogP contribution < -0.4 is 9.05 Å². The van der Waals surface area contributed by atoms with Crippen molar-refractivity contribution < 1.29 is 22.6 Å². The molecule has 0 fully saturated rings. The molecule has 0 amide bonds. The fourth-order valence-electron chi connectivity index (χ4n) is 2.14. The minimum absolute atomic E-state index is 0.533. The molecular formula is C17H19O5P. The summed E-state index contributed by atoms with van der Waals surface area (Å²) in [7, 11) is -2.88. The van der Waals surface area contributed by atoms with Crippen molar-refractivity contribution in [3.8, 4) is 11.5 Å². The maximum absolute atomic E-state index is 6.04. The molecule has 1 heterocycles. The summed E-state index contributed by atoms with van der Waals surface area (Å²) in [4.78, 5) is 0. The van der Waals surface area contributed by atoms with Crippen LogP contribution in [0.3, 0.4) is 0 Å². The van der Waals surface area contributed by atoms with Crippen molar-refractivity contribution in [2.24, 2.45) is 0 Å². The molecule has 23 heavy (non-hydrogen) atoms. The van der Waals surface area contributed by atoms with Gasteiger partial charge in [-0.05, 0) is 0 Å². The van der Waals surface area contributed by atoms with Crippen molar-refractivity contribution >= 4 is 7.74 Å². The second kappa shape index (κ2) is 5.76. The average Bonchev–Trinajstić information content (AvgIpc) is 2.81. The van der Waals surface area contributed by atoms with Gasteiger partial charge >= 0.3 is 135 Å². The van der Waals surface area contributed by atoms with Crippen molar-refractivity contribution in [1.29, 1.82) is 0 Å². The Labute approximate surface area is 135 Å². The monoisotopic (exact) mass is 334 g/mol. The first-order valence-electron chi connectivity index (χ1n) is 7.21. The second-order valence-corrected chi connectivity index (χ2v) is 7.62. The predicted molar refractivity (Wildman–Crippen MR) is 88.6 cm³/mol. The van der Waals surface area contributed by atoms with Crippen LogP contribution in [0.4, 0.5) is 0 Å². The molecule has 0 radical (unpaired) electrons. The van der Waals surface area contributed by atoms with Gasteiger partial charge in [0.25, 0.3) is 0 Å². The summed E-state index contributed by atoms with van der Waals surface area (Å²) in [5, 5.41) is 0. The van der Waals surface area contributed by atoms with Crippen LogP contribution in [-0.4, -0.2) is 7.11 Å². The van der Waals surface area contributed by atoms with Gasteiger partial charge in [-0.15, -0.1) is 0 Å². The van der Waals surface area contributed by atoms with E-state index in [1.54, 1.807) is 38.1 Å². The number of hydrogen-bond donors (Lipinski definition) is 0. The molecule has 1 aliphatic rings. The van der Waals surface area contributed by atoms with E-state index in [2.05, 4.69) is 0 Å². The van der Waals surface area contributed by atoms with Crippen LogP contribution in [0.25, 0.3) is 0 Å². The summed E-state index contributed by atoms with van der Waals surface area (Å²) in [5.74, 6) is 2.20. The Hall–Kier alpha value is -2.23. The first kappa shape index (κ1) is 15.7. The van der Waals surface area contributed by atoms with E-state index in [1.807, 2.05) is 36.4 Å². The third-order valence-corrected chi connectivity index (χ3v) is 6.12. The fourth-order valence-corrected chi connectivity index (χ4v) is 4.75. The summed E-state index contributed by atoms with van der Waals surface area (Å²) in [6.07, 6.45) is 0. The molecule has 0 aromatic heterocycles. The molecular weight excluding hydrogens is 315 g/mol. The zero-order valence-electron chi connectivity index (χ0n) is 13.3. The summed E-state index contributed by atoms with van der Waals surface area (Å²) in [6.45, 7) is 3.57. The quantitative estimate of drug-likeness (QED) is 0.702. The van der Waals surface area contributed by atoms with E-state index in [4.69, 9.17) is 22.6 Å². The second-order valence-electron chi connectivity index (χ2n) is 5.03. The van der Waals surface area contributed by atoms with E-state index in [1.165, 1.54) is 7.11 Å². The van der Waals surface area contributed by atoms with Gasteiger partial charge in [-0.1, -0.05) is 0 Å². The van der Waals surface area contributed by atoms with Crippen molar-refractivity contribution in [1.82, 2.24) is 0 Å². The molecule has 122 valence electrons. The van der Waals surface area contributed by atoms with Gasteiger partial charge in [-0.2, -0.15) is 0 Å². The number of allylic oxidation sites excluding steroid dienone is 2. The van der Waals surface area contributed by atoms with Crippen LogP contribution in [-0.2, 0) is 13.6 Å². The van der Waals surface area contributed by atoms with Gasteiger partial charge in [0.05, 0.1) is 0 Å². The molecule has 0 saturated carbocycles. The van der Waals surface area contributed by atoms with Crippen molar-refractivity contribution in [2.45, 2.75) is 13.8 Å². The Bertz CT molecular complexity index is 655. The van der Waals surface area contributed by atoms with Gasteiger partial charge in [0.2, 0.25) is 0 Å². The molecule has 0 N–H and O–H groups in total. The molecule has 0 spiro atoms. The van der Waals surface area contributed by atoms with E-state index >= 15 is 0 Å². The topological polar surface area (TPSA) is 46.2 Å². The predicted octanol–water partition coefficient (Wildman–Crippen LogP) is 5.22. The Morgan fingerprint density at radius 1 is 0.696 bits per heavy atom. The zero-order chi connectivity index (χ0) is 16.4. The Balaban J connectivity index is 2.02. The maximum atomic E-state index is 6.04. The molecule has 0 unspecified atom stereocenters. The molecule has 5 nitrogen and oxygen atoms in total. The van der Waals surface area contributed by atoms with Crippen LogP contribution in [0.15, 0.2) is 72.2 Å². The number of rotatable bonds is 5. The third kappa shape index (κ3) is 2.98. The van der Waals surface area contributed by atoms with Crippen LogP contribution in [0, 0.1) is 0 Å². The fraction of sp³-hybridized carbons (Fsp3) is 0.176. The Morgan fingerprint density at radius 2 is 1.09 bits per heavy atom. The summed E-state index contributed by atoms with van der Waals surface area (Å²) >= 11 is 0. The van der Waals surface area contributed by atoms with Gasteiger partial charge in [-0.3, -0.25) is 0 Å². The van der Waals surface area contributed by atoms with Crippen LogP contribution in [0.1, 0.15) is 13.8 Å². The molecule has 2 aromatic rings. The third-order valence-electron chi connectivity index (χ3n) is 3.36. The molecule has 3 rings (SSSR count). The molecule has 1 aliphatic heterocycles. The van der Waals surface area contributed by atoms with Gasteiger partial charge in [0, 0.05) is 0 Å². The molecule has 2 aromatic carbocycles. The normalized spacial score (nSPS) is 19.9. The van der Waals surface area contributed by atoms with E-state index in [-0.39, 0.29) is 0 Å². The number of para-hydroxylation sites is 2. The first-order chi connectivity index (χ1) is 11.0. The van der Waals surface area contributed by atoms with E-state index < -0.39 is 7.74 Å². The van der Waals surface area contributed by atoms with Crippen molar-refractivity contribution in [3.63, 3.8) is 0 Å².